The van der Waals surface area contributed by atoms with Crippen LogP contribution >= 0.6 is 11.3 Å². The van der Waals surface area contributed by atoms with Gasteiger partial charge in [0, 0.05) is 44.0 Å². The van der Waals surface area contributed by atoms with Crippen molar-refractivity contribution in [1.29, 1.82) is 0 Å². The van der Waals surface area contributed by atoms with E-state index in [0.717, 1.165) is 31.9 Å². The minimum Gasteiger partial charge on any atom is -0.465 e. The Balaban J connectivity index is 1.45. The summed E-state index contributed by atoms with van der Waals surface area (Å²) in [6.07, 6.45) is 0. The zero-order chi connectivity index (χ0) is 22.1. The minimum atomic E-state index is -0.469. The van der Waals surface area contributed by atoms with Gasteiger partial charge in [-0.25, -0.2) is 9.78 Å². The summed E-state index contributed by atoms with van der Waals surface area (Å²) in [6.45, 7) is 5.25. The van der Waals surface area contributed by atoms with E-state index in [2.05, 4.69) is 19.8 Å². The predicted octanol–water partition coefficient (Wildman–Crippen LogP) is 2.31. The SMILES string of the molecule is COC(=O)c1sc2nc(CN3CCN(c4ccc([N+](=O)[O-])cc4)CC3)[nH]c(=O)c2c1C. The monoisotopic (exact) mass is 443 g/mol. The number of aromatic amines is 1. The van der Waals surface area contributed by atoms with E-state index in [9.17, 15) is 19.7 Å². The number of anilines is 1. The van der Waals surface area contributed by atoms with Crippen LogP contribution in [0.1, 0.15) is 21.1 Å². The van der Waals surface area contributed by atoms with Crippen molar-refractivity contribution in [2.75, 3.05) is 38.2 Å². The van der Waals surface area contributed by atoms with Crippen LogP contribution in [0.25, 0.3) is 10.2 Å². The van der Waals surface area contributed by atoms with Crippen LogP contribution in [0, 0.1) is 17.0 Å². The van der Waals surface area contributed by atoms with Crippen LogP contribution in [0.15, 0.2) is 29.1 Å². The van der Waals surface area contributed by atoms with Crippen molar-refractivity contribution in [3.63, 3.8) is 0 Å². The highest BCUT2D eigenvalue weighted by atomic mass is 32.1. The summed E-state index contributed by atoms with van der Waals surface area (Å²) in [5.74, 6) is 0.0859. The van der Waals surface area contributed by atoms with Crippen molar-refractivity contribution in [3.8, 4) is 0 Å². The number of fused-ring (bicyclic) bond motifs is 1. The van der Waals surface area contributed by atoms with E-state index in [1.807, 2.05) is 0 Å². The Morgan fingerprint density at radius 1 is 1.26 bits per heavy atom. The Morgan fingerprint density at radius 3 is 2.55 bits per heavy atom. The highest BCUT2D eigenvalue weighted by Gasteiger charge is 2.22. The maximum atomic E-state index is 12.6. The first-order valence-electron chi connectivity index (χ1n) is 9.69. The first-order valence-corrected chi connectivity index (χ1v) is 10.5. The number of nitrogens with one attached hydrogen (secondary N) is 1. The number of piperazine rings is 1. The molecule has 1 aromatic carbocycles. The Morgan fingerprint density at radius 2 is 1.94 bits per heavy atom. The lowest BCUT2D eigenvalue weighted by Crippen LogP contribution is -2.46. The second kappa shape index (κ2) is 8.44. The summed E-state index contributed by atoms with van der Waals surface area (Å²) < 4.78 is 4.79. The fourth-order valence-corrected chi connectivity index (χ4v) is 4.83. The third-order valence-electron chi connectivity index (χ3n) is 5.39. The molecule has 1 N–H and O–H groups in total. The summed E-state index contributed by atoms with van der Waals surface area (Å²) in [4.78, 5) is 47.6. The molecule has 3 heterocycles. The number of hydrogen-bond acceptors (Lipinski definition) is 9. The second-order valence-electron chi connectivity index (χ2n) is 7.28. The molecule has 4 rings (SSSR count). The first-order chi connectivity index (χ1) is 14.9. The predicted molar refractivity (Wildman–Crippen MR) is 117 cm³/mol. The minimum absolute atomic E-state index is 0.0759. The Kier molecular flexibility index (Phi) is 5.70. The number of thiophene rings is 1. The van der Waals surface area contributed by atoms with E-state index in [0.29, 0.717) is 33.0 Å². The van der Waals surface area contributed by atoms with Gasteiger partial charge in [-0.1, -0.05) is 0 Å². The molecule has 0 unspecified atom stereocenters. The molecule has 0 amide bonds. The number of nitrogens with zero attached hydrogens (tertiary/aromatic N) is 4. The van der Waals surface area contributed by atoms with Gasteiger partial charge in [-0.15, -0.1) is 11.3 Å². The van der Waals surface area contributed by atoms with Gasteiger partial charge in [0.2, 0.25) is 0 Å². The van der Waals surface area contributed by atoms with Gasteiger partial charge in [-0.2, -0.15) is 0 Å². The molecule has 1 aliphatic heterocycles. The highest BCUT2D eigenvalue weighted by molar-refractivity contribution is 7.20. The molecule has 0 atom stereocenters. The maximum absolute atomic E-state index is 12.6. The first kappa shape index (κ1) is 20.9. The fraction of sp³-hybridized carbons (Fsp3) is 0.350. The molecule has 1 aliphatic rings. The van der Waals surface area contributed by atoms with Crippen molar-refractivity contribution in [1.82, 2.24) is 14.9 Å². The molecular weight excluding hydrogens is 422 g/mol. The van der Waals surface area contributed by atoms with Gasteiger partial charge in [0.15, 0.2) is 0 Å². The van der Waals surface area contributed by atoms with Crippen LogP contribution in [-0.4, -0.2) is 59.0 Å². The lowest BCUT2D eigenvalue weighted by molar-refractivity contribution is -0.384. The van der Waals surface area contributed by atoms with E-state index in [1.54, 1.807) is 19.1 Å². The number of ether oxygens (including phenoxy) is 1. The molecule has 2 aromatic heterocycles. The quantitative estimate of drug-likeness (QED) is 0.362. The number of rotatable bonds is 5. The van der Waals surface area contributed by atoms with Gasteiger partial charge in [0.25, 0.3) is 11.2 Å². The Hall–Kier alpha value is -3.31. The van der Waals surface area contributed by atoms with Crippen molar-refractivity contribution in [3.05, 3.63) is 61.0 Å². The molecule has 0 radical (unpaired) electrons. The zero-order valence-corrected chi connectivity index (χ0v) is 17.9. The summed E-state index contributed by atoms with van der Waals surface area (Å²) in [5.41, 5.74) is 1.35. The van der Waals surface area contributed by atoms with Gasteiger partial charge in [-0.3, -0.25) is 19.8 Å². The number of H-pyrrole nitrogens is 1. The molecule has 11 heteroatoms. The second-order valence-corrected chi connectivity index (χ2v) is 8.28. The third kappa shape index (κ3) is 4.14. The van der Waals surface area contributed by atoms with Crippen molar-refractivity contribution in [2.45, 2.75) is 13.5 Å². The molecule has 0 spiro atoms. The van der Waals surface area contributed by atoms with Crippen LogP contribution in [0.2, 0.25) is 0 Å². The number of carbonyl (C=O) groups excluding carboxylic acids is 1. The molecule has 162 valence electrons. The molecule has 10 nitrogen and oxygen atoms in total. The highest BCUT2D eigenvalue weighted by Crippen LogP contribution is 2.27. The topological polar surface area (TPSA) is 122 Å². The van der Waals surface area contributed by atoms with Crippen molar-refractivity contribution in [2.24, 2.45) is 0 Å². The summed E-state index contributed by atoms with van der Waals surface area (Å²) >= 11 is 1.17. The molecule has 1 saturated heterocycles. The van der Waals surface area contributed by atoms with Gasteiger partial charge < -0.3 is 14.6 Å². The number of aromatic nitrogens is 2. The summed E-state index contributed by atoms with van der Waals surface area (Å²) in [6, 6.07) is 6.55. The van der Waals surface area contributed by atoms with Crippen LogP contribution < -0.4 is 10.5 Å². The Labute approximate surface area is 181 Å². The van der Waals surface area contributed by atoms with Crippen LogP contribution in [0.5, 0.6) is 0 Å². The lowest BCUT2D eigenvalue weighted by Gasteiger charge is -2.35. The normalized spacial score (nSPS) is 14.7. The average molecular weight is 443 g/mol. The van der Waals surface area contributed by atoms with E-state index in [-0.39, 0.29) is 11.2 Å². The smallest absolute Gasteiger partial charge is 0.348 e. The standard InChI is InChI=1S/C20H21N5O5S/c1-12-16-18(26)21-15(22-19(16)31-17(12)20(27)30-2)11-23-7-9-24(10-8-23)13-3-5-14(6-4-13)25(28)29/h3-6H,7-11H2,1-2H3,(H,21,22,26). The van der Waals surface area contributed by atoms with Crippen molar-refractivity contribution >= 4 is 38.9 Å². The molecule has 0 bridgehead atoms. The average Bonchev–Trinajstić information content (AvgIpc) is 3.10. The number of aryl methyl sites for hydroxylation is 1. The van der Waals surface area contributed by atoms with Crippen LogP contribution in [0.3, 0.4) is 0 Å². The third-order valence-corrected chi connectivity index (χ3v) is 6.56. The van der Waals surface area contributed by atoms with Gasteiger partial charge in [0.1, 0.15) is 15.5 Å². The lowest BCUT2D eigenvalue weighted by atomic mass is 10.2. The van der Waals surface area contributed by atoms with Gasteiger partial charge in [-0.05, 0) is 24.6 Å². The number of benzene rings is 1. The van der Waals surface area contributed by atoms with Crippen molar-refractivity contribution < 1.29 is 14.5 Å². The largest absolute Gasteiger partial charge is 0.465 e. The van der Waals surface area contributed by atoms with Crippen LogP contribution in [-0.2, 0) is 11.3 Å². The molecule has 0 aliphatic carbocycles. The van der Waals surface area contributed by atoms with E-state index >= 15 is 0 Å². The number of non-ortho nitro benzene ring substituents is 1. The molecule has 1 fully saturated rings. The van der Waals surface area contributed by atoms with Crippen LogP contribution in [0.4, 0.5) is 11.4 Å². The number of carbonyl (C=O) groups is 1. The number of nitro benzene ring substituents is 1. The Bertz CT molecular complexity index is 1200. The number of esters is 1. The molecule has 0 saturated carbocycles. The summed E-state index contributed by atoms with van der Waals surface area (Å²) in [7, 11) is 1.31. The number of methoxy groups -OCH3 is 1. The van der Waals surface area contributed by atoms with E-state index in [4.69, 9.17) is 4.74 Å². The molecule has 3 aromatic rings. The van der Waals surface area contributed by atoms with Gasteiger partial charge in [0.05, 0.1) is 24.0 Å². The van der Waals surface area contributed by atoms with Gasteiger partial charge >= 0.3 is 5.97 Å². The summed E-state index contributed by atoms with van der Waals surface area (Å²) in [5, 5.41) is 11.2. The zero-order valence-electron chi connectivity index (χ0n) is 17.1. The number of hydrogen-bond donors (Lipinski definition) is 1. The van der Waals surface area contributed by atoms with E-state index < -0.39 is 10.9 Å². The maximum Gasteiger partial charge on any atom is 0.348 e. The molecular formula is C20H21N5O5S. The fourth-order valence-electron chi connectivity index (χ4n) is 3.71. The van der Waals surface area contributed by atoms with E-state index in [1.165, 1.54) is 30.6 Å². The number of nitro groups is 1. The molecule has 31 heavy (non-hydrogen) atoms.